The first-order valence-corrected chi connectivity index (χ1v) is 9.39. The maximum atomic E-state index is 13.0. The van der Waals surface area contributed by atoms with E-state index in [4.69, 9.17) is 11.5 Å². The zero-order valence-electron chi connectivity index (χ0n) is 15.9. The minimum Gasteiger partial charge on any atom is -0.338 e. The van der Waals surface area contributed by atoms with E-state index in [9.17, 15) is 4.79 Å². The second kappa shape index (κ2) is 11.5. The molecular formula is C17H34ClN7O. The van der Waals surface area contributed by atoms with Gasteiger partial charge in [0, 0.05) is 26.2 Å². The molecule has 1 fully saturated rings. The Hall–Kier alpha value is -1.22. The highest BCUT2D eigenvalue weighted by Gasteiger charge is 2.28. The van der Waals surface area contributed by atoms with Crippen LogP contribution in [0.25, 0.3) is 0 Å². The van der Waals surface area contributed by atoms with Crippen molar-refractivity contribution in [2.24, 2.45) is 17.4 Å². The number of carbonyl (C=O) groups is 1. The zero-order chi connectivity index (χ0) is 18.2. The molecule has 150 valence electrons. The van der Waals surface area contributed by atoms with Crippen molar-refractivity contribution in [1.29, 1.82) is 0 Å². The van der Waals surface area contributed by atoms with E-state index in [2.05, 4.69) is 29.5 Å². The van der Waals surface area contributed by atoms with Crippen LogP contribution in [0.5, 0.6) is 0 Å². The Morgan fingerprint density at radius 3 is 2.62 bits per heavy atom. The SMILES string of the molecule is CC(C)C[C@H](N)c1cn([C@@H](CCCCN)C(=O)N2CCNCC2)nn1.Cl. The fourth-order valence-electron chi connectivity index (χ4n) is 3.19. The van der Waals surface area contributed by atoms with Crippen molar-refractivity contribution in [1.82, 2.24) is 25.2 Å². The number of halogens is 1. The van der Waals surface area contributed by atoms with Crippen molar-refractivity contribution < 1.29 is 4.79 Å². The van der Waals surface area contributed by atoms with Gasteiger partial charge in [0.05, 0.1) is 17.9 Å². The van der Waals surface area contributed by atoms with Crippen molar-refractivity contribution in [2.45, 2.75) is 51.6 Å². The summed E-state index contributed by atoms with van der Waals surface area (Å²) in [6, 6.07) is -0.468. The van der Waals surface area contributed by atoms with Crippen molar-refractivity contribution >= 4 is 18.3 Å². The summed E-state index contributed by atoms with van der Waals surface area (Å²) in [7, 11) is 0. The van der Waals surface area contributed by atoms with E-state index in [-0.39, 0.29) is 30.4 Å². The highest BCUT2D eigenvalue weighted by molar-refractivity contribution is 5.85. The van der Waals surface area contributed by atoms with Crippen molar-refractivity contribution in [3.05, 3.63) is 11.9 Å². The van der Waals surface area contributed by atoms with Crippen LogP contribution in [0.3, 0.4) is 0 Å². The van der Waals surface area contributed by atoms with Gasteiger partial charge in [-0.2, -0.15) is 0 Å². The Morgan fingerprint density at radius 1 is 1.31 bits per heavy atom. The summed E-state index contributed by atoms with van der Waals surface area (Å²) in [6.07, 6.45) is 5.22. The largest absolute Gasteiger partial charge is 0.338 e. The van der Waals surface area contributed by atoms with Gasteiger partial charge in [0.1, 0.15) is 6.04 Å². The van der Waals surface area contributed by atoms with Crippen molar-refractivity contribution in [3.8, 4) is 0 Å². The Kier molecular flexibility index (Phi) is 10.1. The topological polar surface area (TPSA) is 115 Å². The van der Waals surface area contributed by atoms with E-state index >= 15 is 0 Å². The van der Waals surface area contributed by atoms with E-state index in [0.29, 0.717) is 12.5 Å². The van der Waals surface area contributed by atoms with Gasteiger partial charge in [-0.1, -0.05) is 19.1 Å². The third-order valence-corrected chi connectivity index (χ3v) is 4.60. The van der Waals surface area contributed by atoms with Crippen LogP contribution in [0.4, 0.5) is 0 Å². The Bertz CT molecular complexity index is 531. The van der Waals surface area contributed by atoms with Gasteiger partial charge in [0.15, 0.2) is 0 Å². The standard InChI is InChI=1S/C17H33N7O.ClH/c1-13(2)11-14(19)15-12-24(22-21-15)16(5-3-4-6-18)17(25)23-9-7-20-8-10-23;/h12-14,16,20H,3-11,18-19H2,1-2H3;1H/t14-,16-;/m0./s1. The fraction of sp³-hybridized carbons (Fsp3) is 0.824. The number of nitrogens with zero attached hydrogens (tertiary/aromatic N) is 4. The van der Waals surface area contributed by atoms with E-state index in [1.165, 1.54) is 0 Å². The lowest BCUT2D eigenvalue weighted by atomic mass is 10.0. The Labute approximate surface area is 162 Å². The minimum atomic E-state index is -0.322. The van der Waals surface area contributed by atoms with Gasteiger partial charge in [0.2, 0.25) is 5.91 Å². The number of hydrogen-bond acceptors (Lipinski definition) is 6. The number of nitrogens with two attached hydrogens (primary N) is 2. The summed E-state index contributed by atoms with van der Waals surface area (Å²) in [4.78, 5) is 14.9. The van der Waals surface area contributed by atoms with Gasteiger partial charge in [-0.05, 0) is 38.1 Å². The second-order valence-electron chi connectivity index (χ2n) is 7.24. The number of rotatable bonds is 9. The predicted molar refractivity (Wildman–Crippen MR) is 105 cm³/mol. The number of hydrogen-bond donors (Lipinski definition) is 3. The molecule has 5 N–H and O–H groups in total. The average Bonchev–Trinajstić information content (AvgIpc) is 3.08. The maximum Gasteiger partial charge on any atom is 0.247 e. The zero-order valence-corrected chi connectivity index (χ0v) is 16.7. The predicted octanol–water partition coefficient (Wildman–Crippen LogP) is 0.848. The molecule has 0 aromatic carbocycles. The molecule has 2 heterocycles. The van der Waals surface area contributed by atoms with Gasteiger partial charge in [-0.3, -0.25) is 4.79 Å². The molecule has 0 spiro atoms. The summed E-state index contributed by atoms with van der Waals surface area (Å²) in [5, 5.41) is 11.7. The van der Waals surface area contributed by atoms with Gasteiger partial charge < -0.3 is 21.7 Å². The molecule has 1 aromatic rings. The highest BCUT2D eigenvalue weighted by atomic mass is 35.5. The summed E-state index contributed by atoms with van der Waals surface area (Å²) in [5.74, 6) is 0.607. The van der Waals surface area contributed by atoms with Gasteiger partial charge >= 0.3 is 0 Å². The first kappa shape index (κ1) is 22.8. The first-order valence-electron chi connectivity index (χ1n) is 9.39. The van der Waals surface area contributed by atoms with Crippen LogP contribution in [0.15, 0.2) is 6.20 Å². The average molecular weight is 388 g/mol. The maximum absolute atomic E-state index is 13.0. The van der Waals surface area contributed by atoms with Gasteiger partial charge in [-0.15, -0.1) is 17.5 Å². The molecule has 0 radical (unpaired) electrons. The second-order valence-corrected chi connectivity index (χ2v) is 7.24. The number of amides is 1. The quantitative estimate of drug-likeness (QED) is 0.541. The molecule has 1 saturated heterocycles. The molecule has 1 aliphatic rings. The summed E-state index contributed by atoms with van der Waals surface area (Å²) < 4.78 is 1.70. The molecule has 8 nitrogen and oxygen atoms in total. The number of nitrogens with one attached hydrogen (secondary N) is 1. The monoisotopic (exact) mass is 387 g/mol. The van der Waals surface area contributed by atoms with Crippen LogP contribution in [-0.2, 0) is 4.79 Å². The van der Waals surface area contributed by atoms with Crippen LogP contribution >= 0.6 is 12.4 Å². The smallest absolute Gasteiger partial charge is 0.247 e. The van der Waals surface area contributed by atoms with Gasteiger partial charge in [0.25, 0.3) is 0 Å². The number of piperazine rings is 1. The van der Waals surface area contributed by atoms with Crippen molar-refractivity contribution in [2.75, 3.05) is 32.7 Å². The molecule has 0 bridgehead atoms. The molecule has 0 saturated carbocycles. The normalized spacial score (nSPS) is 17.0. The van der Waals surface area contributed by atoms with Crippen LogP contribution < -0.4 is 16.8 Å². The van der Waals surface area contributed by atoms with E-state index in [1.807, 2.05) is 11.1 Å². The van der Waals surface area contributed by atoms with Crippen LogP contribution in [0, 0.1) is 5.92 Å². The Morgan fingerprint density at radius 2 is 2.00 bits per heavy atom. The van der Waals surface area contributed by atoms with Crippen LogP contribution in [0.1, 0.15) is 57.3 Å². The molecule has 1 aliphatic heterocycles. The van der Waals surface area contributed by atoms with E-state index in [0.717, 1.165) is 57.6 Å². The third kappa shape index (κ3) is 6.50. The molecule has 1 amide bonds. The van der Waals surface area contributed by atoms with E-state index < -0.39 is 0 Å². The van der Waals surface area contributed by atoms with E-state index in [1.54, 1.807) is 4.68 Å². The minimum absolute atomic E-state index is 0. The summed E-state index contributed by atoms with van der Waals surface area (Å²) in [5.41, 5.74) is 12.6. The van der Waals surface area contributed by atoms with Crippen LogP contribution in [-0.4, -0.2) is 58.5 Å². The first-order chi connectivity index (χ1) is 12.0. The van der Waals surface area contributed by atoms with Crippen LogP contribution in [0.2, 0.25) is 0 Å². The lowest BCUT2D eigenvalue weighted by Gasteiger charge is -2.30. The molecule has 0 aliphatic carbocycles. The fourth-order valence-corrected chi connectivity index (χ4v) is 3.19. The summed E-state index contributed by atoms with van der Waals surface area (Å²) in [6.45, 7) is 8.05. The van der Waals surface area contributed by atoms with Gasteiger partial charge in [-0.25, -0.2) is 4.68 Å². The number of aromatic nitrogens is 3. The third-order valence-electron chi connectivity index (χ3n) is 4.60. The number of carbonyl (C=O) groups excluding carboxylic acids is 1. The molecule has 26 heavy (non-hydrogen) atoms. The molecule has 0 unspecified atom stereocenters. The lowest BCUT2D eigenvalue weighted by molar-refractivity contribution is -0.136. The lowest BCUT2D eigenvalue weighted by Crippen LogP contribution is -2.48. The number of unbranched alkanes of at least 4 members (excludes halogenated alkanes) is 1. The molecule has 2 rings (SSSR count). The molecule has 2 atom stereocenters. The molecule has 1 aromatic heterocycles. The highest BCUT2D eigenvalue weighted by Crippen LogP contribution is 2.21. The summed E-state index contributed by atoms with van der Waals surface area (Å²) >= 11 is 0. The van der Waals surface area contributed by atoms with Crippen molar-refractivity contribution in [3.63, 3.8) is 0 Å². The Balaban J connectivity index is 0.00000338. The molecular weight excluding hydrogens is 354 g/mol. The molecule has 9 heteroatoms.